The van der Waals surface area contributed by atoms with Gasteiger partial charge in [-0.3, -0.25) is 9.59 Å². The van der Waals surface area contributed by atoms with Crippen molar-refractivity contribution in [2.24, 2.45) is 5.92 Å². The van der Waals surface area contributed by atoms with E-state index in [0.717, 1.165) is 36.1 Å². The molecule has 1 saturated heterocycles. The summed E-state index contributed by atoms with van der Waals surface area (Å²) in [5, 5.41) is 22.3. The highest BCUT2D eigenvalue weighted by atomic mass is 32.1. The highest BCUT2D eigenvalue weighted by Gasteiger charge is 2.33. The summed E-state index contributed by atoms with van der Waals surface area (Å²) in [6.45, 7) is 4.73. The lowest BCUT2D eigenvalue weighted by Gasteiger charge is -2.32. The first-order chi connectivity index (χ1) is 16.3. The van der Waals surface area contributed by atoms with Crippen molar-refractivity contribution in [2.75, 3.05) is 25.0 Å². The minimum absolute atomic E-state index is 0.0986. The topological polar surface area (TPSA) is 125 Å². The fraction of sp³-hybridized carbons (Fsp3) is 0.522. The molecular formula is C23H29N7O3S. The summed E-state index contributed by atoms with van der Waals surface area (Å²) in [6.07, 6.45) is 6.98. The molecule has 10 nitrogen and oxygen atoms in total. The molecule has 11 heteroatoms. The van der Waals surface area contributed by atoms with Gasteiger partial charge in [-0.25, -0.2) is 14.5 Å². The summed E-state index contributed by atoms with van der Waals surface area (Å²) in [5.41, 5.74) is 0.412. The Labute approximate surface area is 201 Å². The lowest BCUT2D eigenvalue weighted by Crippen LogP contribution is -2.47. The number of aliphatic hydroxyl groups is 1. The third-order valence-electron chi connectivity index (χ3n) is 6.26. The van der Waals surface area contributed by atoms with E-state index in [2.05, 4.69) is 25.7 Å². The summed E-state index contributed by atoms with van der Waals surface area (Å²) >= 11 is 1.52. The minimum atomic E-state index is -0.624. The van der Waals surface area contributed by atoms with Gasteiger partial charge in [0.15, 0.2) is 5.82 Å². The Hall–Kier alpha value is -3.05. The number of nitrogens with zero attached hydrogens (tertiary/aromatic N) is 5. The van der Waals surface area contributed by atoms with Crippen LogP contribution in [0.2, 0.25) is 0 Å². The second kappa shape index (κ2) is 8.95. The Morgan fingerprint density at radius 3 is 2.68 bits per heavy atom. The van der Waals surface area contributed by atoms with E-state index >= 15 is 0 Å². The van der Waals surface area contributed by atoms with Gasteiger partial charge in [0, 0.05) is 42.7 Å². The fourth-order valence-electron chi connectivity index (χ4n) is 4.06. The Bertz CT molecular complexity index is 1210. The van der Waals surface area contributed by atoms with Crippen LogP contribution in [0.4, 0.5) is 5.82 Å². The van der Waals surface area contributed by atoms with E-state index in [0.29, 0.717) is 24.7 Å². The van der Waals surface area contributed by atoms with E-state index in [1.807, 2.05) is 25.4 Å². The number of piperidine rings is 1. The quantitative estimate of drug-likeness (QED) is 0.470. The number of anilines is 1. The molecule has 2 amide bonds. The molecule has 2 aliphatic rings. The number of aromatic nitrogens is 4. The molecule has 2 fully saturated rings. The van der Waals surface area contributed by atoms with Crippen LogP contribution in [0.25, 0.3) is 16.2 Å². The number of amides is 2. The first-order valence-electron chi connectivity index (χ1n) is 11.6. The maximum atomic E-state index is 13.4. The van der Waals surface area contributed by atoms with E-state index in [-0.39, 0.29) is 36.1 Å². The first-order valence-corrected chi connectivity index (χ1v) is 12.5. The number of rotatable bonds is 7. The average molecular weight is 484 g/mol. The van der Waals surface area contributed by atoms with E-state index in [9.17, 15) is 14.7 Å². The minimum Gasteiger partial charge on any atom is -0.394 e. The largest absolute Gasteiger partial charge is 0.394 e. The predicted octanol–water partition coefficient (Wildman–Crippen LogP) is 2.17. The van der Waals surface area contributed by atoms with Crippen LogP contribution in [0, 0.1) is 5.92 Å². The molecule has 5 rings (SSSR count). The number of carbonyl (C=O) groups is 2. The molecule has 0 bridgehead atoms. The van der Waals surface area contributed by atoms with Gasteiger partial charge in [0.05, 0.1) is 23.9 Å². The highest BCUT2D eigenvalue weighted by molar-refractivity contribution is 7.16. The Balaban J connectivity index is 1.38. The molecule has 0 spiro atoms. The predicted molar refractivity (Wildman–Crippen MR) is 129 cm³/mol. The molecule has 3 N–H and O–H groups in total. The molecule has 34 heavy (non-hydrogen) atoms. The number of thiazole rings is 1. The molecular weight excluding hydrogens is 454 g/mol. The number of aliphatic hydroxyl groups excluding tert-OH is 1. The van der Waals surface area contributed by atoms with Gasteiger partial charge in [0.1, 0.15) is 16.3 Å². The van der Waals surface area contributed by atoms with Gasteiger partial charge in [0.2, 0.25) is 5.91 Å². The monoisotopic (exact) mass is 483 g/mol. The summed E-state index contributed by atoms with van der Waals surface area (Å²) < 4.78 is 1.75. The summed E-state index contributed by atoms with van der Waals surface area (Å²) in [7, 11) is 0. The maximum Gasteiger partial charge on any atom is 0.272 e. The van der Waals surface area contributed by atoms with Crippen molar-refractivity contribution in [1.82, 2.24) is 29.8 Å². The van der Waals surface area contributed by atoms with Gasteiger partial charge < -0.3 is 20.6 Å². The number of nitrogens with one attached hydrogen (secondary N) is 2. The molecule has 180 valence electrons. The van der Waals surface area contributed by atoms with Crippen LogP contribution in [-0.2, 0) is 4.79 Å². The van der Waals surface area contributed by atoms with Crippen LogP contribution >= 0.6 is 11.3 Å². The molecule has 1 aliphatic carbocycles. The molecule has 0 unspecified atom stereocenters. The molecule has 4 heterocycles. The molecule has 0 atom stereocenters. The van der Waals surface area contributed by atoms with Gasteiger partial charge in [-0.05, 0) is 39.5 Å². The van der Waals surface area contributed by atoms with Crippen molar-refractivity contribution in [1.29, 1.82) is 0 Å². The average Bonchev–Trinajstić information content (AvgIpc) is 3.45. The summed E-state index contributed by atoms with van der Waals surface area (Å²) in [5.74, 6) is 1.04. The lowest BCUT2D eigenvalue weighted by molar-refractivity contribution is -0.123. The van der Waals surface area contributed by atoms with Gasteiger partial charge in [-0.2, -0.15) is 5.10 Å². The molecule has 3 aromatic rings. The van der Waals surface area contributed by atoms with E-state index in [4.69, 9.17) is 0 Å². The second-order valence-corrected chi connectivity index (χ2v) is 10.6. The zero-order chi connectivity index (χ0) is 23.9. The van der Waals surface area contributed by atoms with Gasteiger partial charge in [0.25, 0.3) is 5.91 Å². The summed E-state index contributed by atoms with van der Waals surface area (Å²) in [4.78, 5) is 37.4. The van der Waals surface area contributed by atoms with Gasteiger partial charge >= 0.3 is 0 Å². The molecule has 1 aliphatic heterocycles. The van der Waals surface area contributed by atoms with Crippen LogP contribution in [0.1, 0.15) is 50.0 Å². The zero-order valence-corrected chi connectivity index (χ0v) is 20.1. The Kier molecular flexibility index (Phi) is 5.98. The van der Waals surface area contributed by atoms with Crippen molar-refractivity contribution in [3.05, 3.63) is 29.5 Å². The Morgan fingerprint density at radius 2 is 1.97 bits per heavy atom. The van der Waals surface area contributed by atoms with Gasteiger partial charge in [-0.1, -0.05) is 0 Å². The number of hydrogen-bond donors (Lipinski definition) is 3. The molecule has 3 aromatic heterocycles. The van der Waals surface area contributed by atoms with E-state index in [1.54, 1.807) is 21.7 Å². The zero-order valence-electron chi connectivity index (χ0n) is 19.3. The first kappa shape index (κ1) is 22.7. The van der Waals surface area contributed by atoms with E-state index in [1.165, 1.54) is 11.3 Å². The summed E-state index contributed by atoms with van der Waals surface area (Å²) in [6, 6.07) is 1.75. The second-order valence-electron chi connectivity index (χ2n) is 9.69. The number of likely N-dealkylation sites (tertiary alicyclic amines) is 1. The maximum absolute atomic E-state index is 13.4. The van der Waals surface area contributed by atoms with Crippen molar-refractivity contribution in [2.45, 2.75) is 51.1 Å². The molecule has 1 saturated carbocycles. The van der Waals surface area contributed by atoms with Crippen LogP contribution in [0.3, 0.4) is 0 Å². The van der Waals surface area contributed by atoms with Crippen molar-refractivity contribution >= 4 is 33.8 Å². The van der Waals surface area contributed by atoms with Crippen molar-refractivity contribution < 1.29 is 14.7 Å². The third kappa shape index (κ3) is 4.76. The standard InChI is InChI=1S/C23H29N7O3S/c1-23(2,13-31)28-18-11-17(26-19(27-18)16-12-24-30-9-10-34-22(16)30)21(33)29-7-5-15(6-8-29)25-20(32)14-3-4-14/h9-12,14-15,31H,3-8,13H2,1-2H3,(H,25,32)(H,26,27,28). The van der Waals surface area contributed by atoms with Crippen LogP contribution in [0.5, 0.6) is 0 Å². The third-order valence-corrected chi connectivity index (χ3v) is 7.14. The number of fused-ring (bicyclic) bond motifs is 1. The normalized spacial score (nSPS) is 17.2. The highest BCUT2D eigenvalue weighted by Crippen LogP contribution is 2.30. The lowest BCUT2D eigenvalue weighted by atomic mass is 10.0. The van der Waals surface area contributed by atoms with Crippen LogP contribution in [0.15, 0.2) is 23.8 Å². The van der Waals surface area contributed by atoms with E-state index < -0.39 is 5.54 Å². The van der Waals surface area contributed by atoms with Crippen molar-refractivity contribution in [3.8, 4) is 11.4 Å². The molecule has 0 radical (unpaired) electrons. The fourth-order valence-corrected chi connectivity index (χ4v) is 4.85. The number of carbonyl (C=O) groups excluding carboxylic acids is 2. The Morgan fingerprint density at radius 1 is 1.21 bits per heavy atom. The van der Waals surface area contributed by atoms with Crippen molar-refractivity contribution in [3.63, 3.8) is 0 Å². The van der Waals surface area contributed by atoms with Crippen LogP contribution < -0.4 is 10.6 Å². The smallest absolute Gasteiger partial charge is 0.272 e. The van der Waals surface area contributed by atoms with Gasteiger partial charge in [-0.15, -0.1) is 11.3 Å². The SMILES string of the molecule is CC(C)(CO)Nc1cc(C(=O)N2CCC(NC(=O)C3CC3)CC2)nc(-c2cnn3ccsc23)n1. The molecule has 0 aromatic carbocycles. The van der Waals surface area contributed by atoms with Crippen LogP contribution in [-0.4, -0.2) is 72.7 Å². The number of hydrogen-bond acceptors (Lipinski definition) is 8.